The lowest BCUT2D eigenvalue weighted by Crippen LogP contribution is -2.15. The van der Waals surface area contributed by atoms with Crippen molar-refractivity contribution in [3.8, 4) is 5.75 Å². The molecule has 1 heterocycles. The van der Waals surface area contributed by atoms with Crippen LogP contribution in [0.5, 0.6) is 5.75 Å². The van der Waals surface area contributed by atoms with Crippen LogP contribution in [0.15, 0.2) is 24.3 Å². The third-order valence-electron chi connectivity index (χ3n) is 4.50. The van der Waals surface area contributed by atoms with E-state index in [0.29, 0.717) is 11.7 Å². The minimum Gasteiger partial charge on any atom is -0.507 e. The fraction of sp³-hybridized carbons (Fsp3) is 0.444. The minimum absolute atomic E-state index is 0.112. The zero-order chi connectivity index (χ0) is 15.4. The molecular weight excluding hydrogens is 326 g/mol. The second kappa shape index (κ2) is 4.91. The van der Waals surface area contributed by atoms with Crippen molar-refractivity contribution >= 4 is 32.4 Å². The van der Waals surface area contributed by atoms with E-state index in [0.717, 1.165) is 22.9 Å². The van der Waals surface area contributed by atoms with Crippen molar-refractivity contribution in [2.75, 3.05) is 23.8 Å². The highest BCUT2D eigenvalue weighted by molar-refractivity contribution is 9.09. The van der Waals surface area contributed by atoms with Gasteiger partial charge in [0.15, 0.2) is 0 Å². The molecule has 0 aliphatic carbocycles. The minimum atomic E-state index is 0.112. The number of halogens is 1. The first kappa shape index (κ1) is 14.7. The predicted molar refractivity (Wildman–Crippen MR) is 94.1 cm³/mol. The van der Waals surface area contributed by atoms with Crippen molar-refractivity contribution < 1.29 is 5.11 Å². The highest BCUT2D eigenvalue weighted by Crippen LogP contribution is 2.45. The Hall–Kier alpha value is -1.22. The molecule has 0 radical (unpaired) electrons. The average molecular weight is 348 g/mol. The Labute approximate surface area is 134 Å². The molecule has 1 atom stereocenters. The molecule has 0 spiro atoms. The number of benzene rings is 2. The first-order valence-electron chi connectivity index (χ1n) is 7.40. The maximum Gasteiger partial charge on any atom is 0.125 e. The Morgan fingerprint density at radius 3 is 2.57 bits per heavy atom. The van der Waals surface area contributed by atoms with E-state index in [1.807, 2.05) is 6.07 Å². The summed E-state index contributed by atoms with van der Waals surface area (Å²) < 4.78 is 0. The van der Waals surface area contributed by atoms with E-state index in [1.165, 1.54) is 16.5 Å². The fourth-order valence-electron chi connectivity index (χ4n) is 3.27. The predicted octanol–water partition coefficient (Wildman–Crippen LogP) is 4.77. The van der Waals surface area contributed by atoms with Gasteiger partial charge in [0.25, 0.3) is 0 Å². The SMILES string of the molecule is CN1C[C@@H](CBr)c2c1cc(O)c1ccc(C(C)(C)C)cc21. The molecule has 1 aliphatic heterocycles. The van der Waals surface area contributed by atoms with Crippen LogP contribution in [0.1, 0.15) is 37.8 Å². The molecule has 0 unspecified atom stereocenters. The monoisotopic (exact) mass is 347 g/mol. The fourth-order valence-corrected chi connectivity index (χ4v) is 3.80. The van der Waals surface area contributed by atoms with Crippen LogP contribution in [0.2, 0.25) is 0 Å². The summed E-state index contributed by atoms with van der Waals surface area (Å²) in [7, 11) is 2.10. The number of anilines is 1. The Morgan fingerprint density at radius 1 is 1.24 bits per heavy atom. The molecule has 0 fully saturated rings. The molecule has 0 bridgehead atoms. The number of nitrogens with zero attached hydrogens (tertiary/aromatic N) is 1. The lowest BCUT2D eigenvalue weighted by atomic mass is 9.84. The van der Waals surface area contributed by atoms with E-state index < -0.39 is 0 Å². The molecule has 0 saturated heterocycles. The van der Waals surface area contributed by atoms with Crippen LogP contribution in [0.25, 0.3) is 10.8 Å². The van der Waals surface area contributed by atoms with Gasteiger partial charge < -0.3 is 10.0 Å². The summed E-state index contributed by atoms with van der Waals surface area (Å²) in [5.74, 6) is 0.856. The summed E-state index contributed by atoms with van der Waals surface area (Å²) >= 11 is 3.65. The van der Waals surface area contributed by atoms with E-state index in [-0.39, 0.29) is 5.41 Å². The molecule has 2 nitrogen and oxygen atoms in total. The Balaban J connectivity index is 2.34. The van der Waals surface area contributed by atoms with Crippen LogP contribution in [-0.4, -0.2) is 24.0 Å². The van der Waals surface area contributed by atoms with Crippen LogP contribution < -0.4 is 4.90 Å². The van der Waals surface area contributed by atoms with E-state index in [4.69, 9.17) is 0 Å². The standard InChI is InChI=1S/C18H22BrNO/c1-18(2,3)12-5-6-13-14(7-12)17-11(9-19)10-20(4)15(17)8-16(13)21/h5-8,11,21H,9-10H2,1-4H3/t11-/m1/s1. The Morgan fingerprint density at radius 2 is 1.95 bits per heavy atom. The highest BCUT2D eigenvalue weighted by Gasteiger charge is 2.29. The molecule has 0 amide bonds. The largest absolute Gasteiger partial charge is 0.507 e. The van der Waals surface area contributed by atoms with Crippen molar-refractivity contribution in [2.24, 2.45) is 0 Å². The first-order valence-corrected chi connectivity index (χ1v) is 8.52. The van der Waals surface area contributed by atoms with E-state index in [9.17, 15) is 5.11 Å². The van der Waals surface area contributed by atoms with Crippen molar-refractivity contribution in [1.82, 2.24) is 0 Å². The number of aromatic hydroxyl groups is 1. The van der Waals surface area contributed by atoms with Crippen molar-refractivity contribution in [3.63, 3.8) is 0 Å². The van der Waals surface area contributed by atoms with Crippen LogP contribution in [0, 0.1) is 0 Å². The van der Waals surface area contributed by atoms with Crippen LogP contribution in [0.3, 0.4) is 0 Å². The number of likely N-dealkylation sites (N-methyl/N-ethyl adjacent to an activating group) is 1. The zero-order valence-corrected chi connectivity index (χ0v) is 14.7. The Bertz CT molecular complexity index is 702. The van der Waals surface area contributed by atoms with Crippen molar-refractivity contribution in [1.29, 1.82) is 0 Å². The smallest absolute Gasteiger partial charge is 0.125 e. The number of rotatable bonds is 1. The van der Waals surface area contributed by atoms with Gasteiger partial charge in [-0.1, -0.05) is 54.9 Å². The number of phenolic OH excluding ortho intramolecular Hbond substituents is 1. The molecule has 3 rings (SSSR count). The summed E-state index contributed by atoms with van der Waals surface area (Å²) in [4.78, 5) is 2.24. The van der Waals surface area contributed by atoms with Crippen LogP contribution >= 0.6 is 15.9 Å². The van der Waals surface area contributed by atoms with Gasteiger partial charge in [0, 0.05) is 42.0 Å². The van der Waals surface area contributed by atoms with Gasteiger partial charge in [0.1, 0.15) is 5.75 Å². The normalized spacial score (nSPS) is 18.3. The lowest BCUT2D eigenvalue weighted by molar-refractivity contribution is 0.481. The van der Waals surface area contributed by atoms with Gasteiger partial charge in [-0.25, -0.2) is 0 Å². The van der Waals surface area contributed by atoms with Gasteiger partial charge in [-0.15, -0.1) is 0 Å². The molecule has 2 aromatic carbocycles. The number of phenols is 1. The molecule has 1 aliphatic rings. The first-order chi connectivity index (χ1) is 9.82. The number of hydrogen-bond acceptors (Lipinski definition) is 2. The van der Waals surface area contributed by atoms with Gasteiger partial charge >= 0.3 is 0 Å². The van der Waals surface area contributed by atoms with Gasteiger partial charge in [-0.2, -0.15) is 0 Å². The second-order valence-electron chi connectivity index (χ2n) is 7.07. The quantitative estimate of drug-likeness (QED) is 0.751. The third-order valence-corrected chi connectivity index (χ3v) is 5.28. The van der Waals surface area contributed by atoms with E-state index >= 15 is 0 Å². The molecule has 3 heteroatoms. The van der Waals surface area contributed by atoms with Crippen LogP contribution in [0.4, 0.5) is 5.69 Å². The third kappa shape index (κ3) is 2.32. The summed E-state index contributed by atoms with van der Waals surface area (Å²) in [5.41, 5.74) is 3.95. The molecule has 0 saturated carbocycles. The van der Waals surface area contributed by atoms with Crippen molar-refractivity contribution in [3.05, 3.63) is 35.4 Å². The molecule has 112 valence electrons. The van der Waals surface area contributed by atoms with Crippen molar-refractivity contribution in [2.45, 2.75) is 32.1 Å². The van der Waals surface area contributed by atoms with Gasteiger partial charge in [0.2, 0.25) is 0 Å². The molecule has 0 aromatic heterocycles. The average Bonchev–Trinajstić information content (AvgIpc) is 2.74. The number of alkyl halides is 1. The van der Waals surface area contributed by atoms with Gasteiger partial charge in [-0.3, -0.25) is 0 Å². The summed E-state index contributed by atoms with van der Waals surface area (Å²) in [6, 6.07) is 8.38. The van der Waals surface area contributed by atoms with Gasteiger partial charge in [-0.05, 0) is 21.9 Å². The maximum atomic E-state index is 10.4. The lowest BCUT2D eigenvalue weighted by Gasteiger charge is -2.21. The summed E-state index contributed by atoms with van der Waals surface area (Å²) in [6.45, 7) is 7.68. The molecule has 21 heavy (non-hydrogen) atoms. The maximum absolute atomic E-state index is 10.4. The van der Waals surface area contributed by atoms with E-state index in [2.05, 4.69) is 66.8 Å². The molecule has 1 N–H and O–H groups in total. The number of fused-ring (bicyclic) bond motifs is 3. The topological polar surface area (TPSA) is 23.5 Å². The second-order valence-corrected chi connectivity index (χ2v) is 7.72. The summed E-state index contributed by atoms with van der Waals surface area (Å²) in [6.07, 6.45) is 0. The van der Waals surface area contributed by atoms with E-state index in [1.54, 1.807) is 0 Å². The Kier molecular flexibility index (Phi) is 3.44. The summed E-state index contributed by atoms with van der Waals surface area (Å²) in [5, 5.41) is 13.5. The zero-order valence-electron chi connectivity index (χ0n) is 13.1. The highest BCUT2D eigenvalue weighted by atomic mass is 79.9. The molecule has 2 aromatic rings. The molecular formula is C18H22BrNO. The number of hydrogen-bond donors (Lipinski definition) is 1. The van der Waals surface area contributed by atoms with Gasteiger partial charge in [0.05, 0.1) is 0 Å². The van der Waals surface area contributed by atoms with Crippen LogP contribution in [-0.2, 0) is 5.41 Å².